The topological polar surface area (TPSA) is 38.3 Å². The summed E-state index contributed by atoms with van der Waals surface area (Å²) in [6.07, 6.45) is 4.01. The molecule has 3 nitrogen and oxygen atoms in total. The fourth-order valence-corrected chi connectivity index (χ4v) is 3.14. The average molecular weight is 341 g/mol. The normalized spacial score (nSPS) is 15.1. The van der Waals surface area contributed by atoms with E-state index in [1.165, 1.54) is 11.6 Å². The molecule has 0 saturated carbocycles. The van der Waals surface area contributed by atoms with Crippen molar-refractivity contribution in [1.29, 1.82) is 0 Å². The molecule has 0 atom stereocenters. The molecule has 1 fully saturated rings. The fourth-order valence-electron chi connectivity index (χ4n) is 3.14. The molecular weight excluding hydrogens is 317 g/mol. The first-order valence-corrected chi connectivity index (χ1v) is 8.93. The number of ether oxygens (including phenoxy) is 1. The van der Waals surface area contributed by atoms with Crippen molar-refractivity contribution < 1.29 is 13.9 Å². The van der Waals surface area contributed by atoms with Crippen molar-refractivity contribution in [1.82, 2.24) is 5.32 Å². The molecule has 1 N–H and O–H groups in total. The van der Waals surface area contributed by atoms with Crippen LogP contribution in [0.25, 0.3) is 11.1 Å². The number of rotatable bonds is 6. The van der Waals surface area contributed by atoms with Crippen LogP contribution >= 0.6 is 0 Å². The van der Waals surface area contributed by atoms with Crippen molar-refractivity contribution in [3.63, 3.8) is 0 Å². The molecule has 0 spiro atoms. The van der Waals surface area contributed by atoms with E-state index in [1.54, 1.807) is 12.1 Å². The van der Waals surface area contributed by atoms with Crippen LogP contribution in [0.3, 0.4) is 0 Å². The SMILES string of the molecule is O=C(CCCc1ccc(-c2ccccc2F)cc1)NC1CCOCC1. The van der Waals surface area contributed by atoms with Crippen molar-refractivity contribution in [3.05, 3.63) is 59.9 Å². The first kappa shape index (κ1) is 17.6. The lowest BCUT2D eigenvalue weighted by Crippen LogP contribution is -2.38. The van der Waals surface area contributed by atoms with Crippen molar-refractivity contribution in [3.8, 4) is 11.1 Å². The van der Waals surface area contributed by atoms with Gasteiger partial charge in [0.2, 0.25) is 5.91 Å². The summed E-state index contributed by atoms with van der Waals surface area (Å²) in [5.74, 6) is -0.0880. The lowest BCUT2D eigenvalue weighted by Gasteiger charge is -2.23. The number of carbonyl (C=O) groups is 1. The van der Waals surface area contributed by atoms with Gasteiger partial charge in [-0.05, 0) is 42.9 Å². The van der Waals surface area contributed by atoms with E-state index in [1.807, 2.05) is 30.3 Å². The number of benzene rings is 2. The Hall–Kier alpha value is -2.20. The minimum absolute atomic E-state index is 0.120. The smallest absolute Gasteiger partial charge is 0.220 e. The van der Waals surface area contributed by atoms with Crippen LogP contribution in [0.15, 0.2) is 48.5 Å². The molecule has 1 heterocycles. The number of aryl methyl sites for hydroxylation is 1. The Balaban J connectivity index is 1.46. The third-order valence-corrected chi connectivity index (χ3v) is 4.59. The fraction of sp³-hybridized carbons (Fsp3) is 0.381. The van der Waals surface area contributed by atoms with Gasteiger partial charge in [0.1, 0.15) is 5.82 Å². The number of amides is 1. The number of hydrogen-bond acceptors (Lipinski definition) is 2. The van der Waals surface area contributed by atoms with Gasteiger partial charge in [0.25, 0.3) is 0 Å². The molecule has 1 saturated heterocycles. The maximum atomic E-state index is 13.8. The van der Waals surface area contributed by atoms with Crippen molar-refractivity contribution in [2.24, 2.45) is 0 Å². The zero-order valence-corrected chi connectivity index (χ0v) is 14.3. The Morgan fingerprint density at radius 3 is 2.52 bits per heavy atom. The number of halogens is 1. The van der Waals surface area contributed by atoms with Crippen LogP contribution in [0.2, 0.25) is 0 Å². The molecular formula is C21H24FNO2. The van der Waals surface area contributed by atoms with E-state index in [0.29, 0.717) is 12.0 Å². The highest BCUT2D eigenvalue weighted by atomic mass is 19.1. The summed E-state index contributed by atoms with van der Waals surface area (Å²) in [7, 11) is 0. The van der Waals surface area contributed by atoms with Gasteiger partial charge in [-0.2, -0.15) is 0 Å². The van der Waals surface area contributed by atoms with E-state index in [-0.39, 0.29) is 17.8 Å². The summed E-state index contributed by atoms with van der Waals surface area (Å²) in [6, 6.07) is 15.0. The molecule has 0 unspecified atom stereocenters. The average Bonchev–Trinajstić information content (AvgIpc) is 2.64. The van der Waals surface area contributed by atoms with Crippen LogP contribution in [-0.4, -0.2) is 25.2 Å². The molecule has 25 heavy (non-hydrogen) atoms. The third-order valence-electron chi connectivity index (χ3n) is 4.59. The minimum atomic E-state index is -0.208. The second-order valence-corrected chi connectivity index (χ2v) is 6.48. The van der Waals surface area contributed by atoms with Gasteiger partial charge in [0.15, 0.2) is 0 Å². The molecule has 0 aliphatic carbocycles. The highest BCUT2D eigenvalue weighted by Gasteiger charge is 2.15. The van der Waals surface area contributed by atoms with E-state index < -0.39 is 0 Å². The summed E-state index contributed by atoms with van der Waals surface area (Å²) < 4.78 is 19.1. The Bertz CT molecular complexity index is 693. The second kappa shape index (κ2) is 8.77. The molecule has 4 heteroatoms. The van der Waals surface area contributed by atoms with E-state index in [4.69, 9.17) is 4.74 Å². The van der Waals surface area contributed by atoms with Gasteiger partial charge in [0, 0.05) is 31.2 Å². The Labute approximate surface area is 148 Å². The predicted molar refractivity (Wildman–Crippen MR) is 96.8 cm³/mol. The minimum Gasteiger partial charge on any atom is -0.381 e. The van der Waals surface area contributed by atoms with Crippen LogP contribution in [0, 0.1) is 5.82 Å². The van der Waals surface area contributed by atoms with Gasteiger partial charge < -0.3 is 10.1 Å². The van der Waals surface area contributed by atoms with Gasteiger partial charge in [0.05, 0.1) is 0 Å². The van der Waals surface area contributed by atoms with Crippen molar-refractivity contribution in [2.45, 2.75) is 38.1 Å². The monoisotopic (exact) mass is 341 g/mol. The zero-order valence-electron chi connectivity index (χ0n) is 14.3. The van der Waals surface area contributed by atoms with Crippen LogP contribution in [-0.2, 0) is 16.0 Å². The second-order valence-electron chi connectivity index (χ2n) is 6.48. The summed E-state index contributed by atoms with van der Waals surface area (Å²) >= 11 is 0. The quantitative estimate of drug-likeness (QED) is 0.859. The Morgan fingerprint density at radius 2 is 1.80 bits per heavy atom. The number of hydrogen-bond donors (Lipinski definition) is 1. The lowest BCUT2D eigenvalue weighted by atomic mass is 10.0. The molecule has 0 bridgehead atoms. The summed E-state index contributed by atoms with van der Waals surface area (Å²) in [4.78, 5) is 12.0. The molecule has 1 amide bonds. The molecule has 0 aromatic heterocycles. The van der Waals surface area contributed by atoms with E-state index in [9.17, 15) is 9.18 Å². The molecule has 2 aromatic carbocycles. The first-order chi connectivity index (χ1) is 12.2. The number of carbonyl (C=O) groups excluding carboxylic acids is 1. The Morgan fingerprint density at radius 1 is 1.08 bits per heavy atom. The first-order valence-electron chi connectivity index (χ1n) is 8.93. The third kappa shape index (κ3) is 5.13. The van der Waals surface area contributed by atoms with Crippen molar-refractivity contribution in [2.75, 3.05) is 13.2 Å². The molecule has 132 valence electrons. The molecule has 1 aliphatic heterocycles. The Kier molecular flexibility index (Phi) is 6.18. The summed E-state index contributed by atoms with van der Waals surface area (Å²) in [6.45, 7) is 1.47. The highest BCUT2D eigenvalue weighted by Crippen LogP contribution is 2.23. The molecule has 1 aliphatic rings. The number of nitrogens with one attached hydrogen (secondary N) is 1. The highest BCUT2D eigenvalue weighted by molar-refractivity contribution is 5.76. The van der Waals surface area contributed by atoms with Gasteiger partial charge >= 0.3 is 0 Å². The van der Waals surface area contributed by atoms with Gasteiger partial charge in [-0.25, -0.2) is 4.39 Å². The van der Waals surface area contributed by atoms with E-state index >= 15 is 0 Å². The van der Waals surface area contributed by atoms with Gasteiger partial charge in [-0.3, -0.25) is 4.79 Å². The van der Waals surface area contributed by atoms with Crippen LogP contribution < -0.4 is 5.32 Å². The molecule has 3 rings (SSSR count). The summed E-state index contributed by atoms with van der Waals surface area (Å²) in [5, 5.41) is 3.08. The van der Waals surface area contributed by atoms with Crippen molar-refractivity contribution >= 4 is 5.91 Å². The predicted octanol–water partition coefficient (Wildman–Crippen LogP) is 4.11. The standard InChI is InChI=1S/C21H24FNO2/c22-20-6-2-1-5-19(20)17-10-8-16(9-11-17)4-3-7-21(24)23-18-12-14-25-15-13-18/h1-2,5-6,8-11,18H,3-4,7,12-15H2,(H,23,24). The van der Waals surface area contributed by atoms with Crippen LogP contribution in [0.5, 0.6) is 0 Å². The lowest BCUT2D eigenvalue weighted by molar-refractivity contribution is -0.122. The zero-order chi connectivity index (χ0) is 17.5. The maximum absolute atomic E-state index is 13.8. The van der Waals surface area contributed by atoms with E-state index in [0.717, 1.165) is 44.5 Å². The van der Waals surface area contributed by atoms with Crippen LogP contribution in [0.4, 0.5) is 4.39 Å². The largest absolute Gasteiger partial charge is 0.381 e. The van der Waals surface area contributed by atoms with Gasteiger partial charge in [-0.15, -0.1) is 0 Å². The molecule has 0 radical (unpaired) electrons. The maximum Gasteiger partial charge on any atom is 0.220 e. The molecule has 2 aromatic rings. The van der Waals surface area contributed by atoms with E-state index in [2.05, 4.69) is 5.32 Å². The summed E-state index contributed by atoms with van der Waals surface area (Å²) in [5.41, 5.74) is 2.66. The van der Waals surface area contributed by atoms with Crippen LogP contribution in [0.1, 0.15) is 31.2 Å². The van der Waals surface area contributed by atoms with Gasteiger partial charge in [-0.1, -0.05) is 42.5 Å².